The smallest absolute Gasteiger partial charge is 0.259 e. The van der Waals surface area contributed by atoms with Gasteiger partial charge in [0, 0.05) is 18.2 Å². The summed E-state index contributed by atoms with van der Waals surface area (Å²) in [6.45, 7) is 3.90. The molecule has 6 nitrogen and oxygen atoms in total. The number of benzene rings is 1. The zero-order valence-electron chi connectivity index (χ0n) is 11.4. The number of amides is 3. The van der Waals surface area contributed by atoms with Crippen LogP contribution < -0.4 is 16.4 Å². The molecule has 106 valence electrons. The van der Waals surface area contributed by atoms with Crippen LogP contribution in [0.25, 0.3) is 0 Å². The van der Waals surface area contributed by atoms with E-state index in [-0.39, 0.29) is 29.9 Å². The second-order valence-corrected chi connectivity index (χ2v) is 5.20. The molecular weight excluding hydrogens is 258 g/mol. The first-order chi connectivity index (χ1) is 9.38. The average Bonchev–Trinajstić information content (AvgIpc) is 2.64. The van der Waals surface area contributed by atoms with Crippen LogP contribution in [-0.2, 0) is 4.79 Å². The quantitative estimate of drug-likeness (QED) is 0.710. The molecule has 6 heteroatoms. The van der Waals surface area contributed by atoms with Gasteiger partial charge in [-0.3, -0.25) is 19.7 Å². The van der Waals surface area contributed by atoms with Crippen LogP contribution in [0.15, 0.2) is 18.2 Å². The zero-order valence-corrected chi connectivity index (χ0v) is 11.4. The van der Waals surface area contributed by atoms with E-state index in [4.69, 9.17) is 5.73 Å². The Labute approximate surface area is 116 Å². The highest BCUT2D eigenvalue weighted by Crippen LogP contribution is 2.20. The third-order valence-electron chi connectivity index (χ3n) is 3.30. The Morgan fingerprint density at radius 2 is 1.90 bits per heavy atom. The van der Waals surface area contributed by atoms with Crippen LogP contribution in [0.1, 0.15) is 41.0 Å². The van der Waals surface area contributed by atoms with Crippen molar-refractivity contribution in [2.45, 2.75) is 26.3 Å². The molecule has 1 aromatic rings. The van der Waals surface area contributed by atoms with Crippen LogP contribution in [0.2, 0.25) is 0 Å². The lowest BCUT2D eigenvalue weighted by molar-refractivity contribution is -0.116. The fourth-order valence-corrected chi connectivity index (χ4v) is 1.91. The van der Waals surface area contributed by atoms with Gasteiger partial charge in [-0.1, -0.05) is 13.8 Å². The second-order valence-electron chi connectivity index (χ2n) is 5.20. The molecule has 1 heterocycles. The van der Waals surface area contributed by atoms with Crippen molar-refractivity contribution >= 4 is 23.4 Å². The van der Waals surface area contributed by atoms with Gasteiger partial charge >= 0.3 is 0 Å². The molecule has 2 rings (SSSR count). The van der Waals surface area contributed by atoms with Crippen molar-refractivity contribution in [3.05, 3.63) is 29.3 Å². The van der Waals surface area contributed by atoms with E-state index in [2.05, 4.69) is 10.6 Å². The predicted molar refractivity (Wildman–Crippen MR) is 74.3 cm³/mol. The minimum Gasteiger partial charge on any atom is -0.327 e. The molecule has 0 fully saturated rings. The maximum atomic E-state index is 11.8. The lowest BCUT2D eigenvalue weighted by Gasteiger charge is -2.15. The van der Waals surface area contributed by atoms with Crippen molar-refractivity contribution in [1.82, 2.24) is 5.32 Å². The lowest BCUT2D eigenvalue weighted by atomic mass is 10.0. The first-order valence-electron chi connectivity index (χ1n) is 6.43. The summed E-state index contributed by atoms with van der Waals surface area (Å²) in [4.78, 5) is 34.7. The maximum Gasteiger partial charge on any atom is 0.259 e. The standard InChI is InChI=1S/C14H17N3O3/c1-7(2)11(15)6-12(18)16-8-3-4-9-10(5-8)14(20)17-13(9)19/h3-5,7,11H,6,15H2,1-2H3,(H,16,18)(H,17,19,20). The van der Waals surface area contributed by atoms with E-state index < -0.39 is 11.8 Å². The van der Waals surface area contributed by atoms with Gasteiger partial charge in [-0.2, -0.15) is 0 Å². The summed E-state index contributed by atoms with van der Waals surface area (Å²) in [6.07, 6.45) is 0.208. The van der Waals surface area contributed by atoms with Crippen LogP contribution >= 0.6 is 0 Å². The highest BCUT2D eigenvalue weighted by atomic mass is 16.2. The minimum absolute atomic E-state index is 0.208. The van der Waals surface area contributed by atoms with E-state index in [1.807, 2.05) is 13.8 Å². The van der Waals surface area contributed by atoms with Crippen molar-refractivity contribution in [3.8, 4) is 0 Å². The minimum atomic E-state index is -0.444. The number of imide groups is 1. The number of anilines is 1. The molecule has 0 saturated heterocycles. The fraction of sp³-hybridized carbons (Fsp3) is 0.357. The van der Waals surface area contributed by atoms with E-state index >= 15 is 0 Å². The van der Waals surface area contributed by atoms with Crippen LogP contribution in [0.3, 0.4) is 0 Å². The monoisotopic (exact) mass is 275 g/mol. The zero-order chi connectivity index (χ0) is 14.9. The van der Waals surface area contributed by atoms with Crippen molar-refractivity contribution in [2.24, 2.45) is 11.7 Å². The molecule has 0 bridgehead atoms. The molecule has 4 N–H and O–H groups in total. The van der Waals surface area contributed by atoms with Gasteiger partial charge in [0.15, 0.2) is 0 Å². The fourth-order valence-electron chi connectivity index (χ4n) is 1.91. The summed E-state index contributed by atoms with van der Waals surface area (Å²) in [5.41, 5.74) is 6.92. The number of carbonyl (C=O) groups excluding carboxylic acids is 3. The van der Waals surface area contributed by atoms with Crippen LogP contribution in [0, 0.1) is 5.92 Å². The maximum absolute atomic E-state index is 11.8. The van der Waals surface area contributed by atoms with E-state index in [0.29, 0.717) is 11.3 Å². The molecule has 0 saturated carbocycles. The van der Waals surface area contributed by atoms with Gasteiger partial charge in [0.2, 0.25) is 5.91 Å². The number of fused-ring (bicyclic) bond motifs is 1. The van der Waals surface area contributed by atoms with E-state index in [9.17, 15) is 14.4 Å². The molecule has 1 aliphatic heterocycles. The summed E-state index contributed by atoms with van der Waals surface area (Å²) in [7, 11) is 0. The largest absolute Gasteiger partial charge is 0.327 e. The average molecular weight is 275 g/mol. The molecule has 0 aromatic heterocycles. The number of nitrogens with two attached hydrogens (primary N) is 1. The summed E-state index contributed by atoms with van der Waals surface area (Å²) in [5, 5.41) is 4.88. The number of carbonyl (C=O) groups is 3. The first-order valence-corrected chi connectivity index (χ1v) is 6.43. The van der Waals surface area contributed by atoms with E-state index in [0.717, 1.165) is 0 Å². The van der Waals surface area contributed by atoms with Crippen molar-refractivity contribution in [2.75, 3.05) is 5.32 Å². The summed E-state index contributed by atoms with van der Waals surface area (Å²) < 4.78 is 0. The van der Waals surface area contributed by atoms with Gasteiger partial charge in [0.05, 0.1) is 11.1 Å². The Morgan fingerprint density at radius 1 is 1.25 bits per heavy atom. The van der Waals surface area contributed by atoms with Crippen molar-refractivity contribution < 1.29 is 14.4 Å². The number of hydrogen-bond acceptors (Lipinski definition) is 4. The molecule has 0 radical (unpaired) electrons. The SMILES string of the molecule is CC(C)C(N)CC(=O)Nc1ccc2c(c1)C(=O)NC2=O. The Bertz CT molecular complexity index is 581. The highest BCUT2D eigenvalue weighted by Gasteiger charge is 2.26. The number of rotatable bonds is 4. The molecule has 1 aromatic carbocycles. The highest BCUT2D eigenvalue weighted by molar-refractivity contribution is 6.22. The molecular formula is C14H17N3O3. The molecule has 0 aliphatic carbocycles. The van der Waals surface area contributed by atoms with Gasteiger partial charge in [0.25, 0.3) is 11.8 Å². The van der Waals surface area contributed by atoms with Gasteiger partial charge < -0.3 is 11.1 Å². The van der Waals surface area contributed by atoms with E-state index in [1.54, 1.807) is 6.07 Å². The van der Waals surface area contributed by atoms with E-state index in [1.165, 1.54) is 12.1 Å². The molecule has 20 heavy (non-hydrogen) atoms. The number of hydrogen-bond donors (Lipinski definition) is 3. The predicted octanol–water partition coefficient (Wildman–Crippen LogP) is 0.882. The summed E-state index contributed by atoms with van der Waals surface area (Å²) in [6, 6.07) is 4.40. The Hall–Kier alpha value is -2.21. The molecule has 1 atom stereocenters. The van der Waals surface area contributed by atoms with Gasteiger partial charge in [-0.25, -0.2) is 0 Å². The van der Waals surface area contributed by atoms with Gasteiger partial charge in [-0.05, 0) is 24.1 Å². The first kappa shape index (κ1) is 14.2. The van der Waals surface area contributed by atoms with Gasteiger partial charge in [0.1, 0.15) is 0 Å². The van der Waals surface area contributed by atoms with Crippen LogP contribution in [-0.4, -0.2) is 23.8 Å². The molecule has 1 aliphatic rings. The summed E-state index contributed by atoms with van der Waals surface area (Å²) in [5.74, 6) is -0.857. The molecule has 0 spiro atoms. The molecule has 1 unspecified atom stereocenters. The normalized spacial score (nSPS) is 15.0. The third-order valence-corrected chi connectivity index (χ3v) is 3.30. The third kappa shape index (κ3) is 2.85. The van der Waals surface area contributed by atoms with Gasteiger partial charge in [-0.15, -0.1) is 0 Å². The summed E-state index contributed by atoms with van der Waals surface area (Å²) >= 11 is 0. The lowest BCUT2D eigenvalue weighted by Crippen LogP contribution is -2.31. The van der Waals surface area contributed by atoms with Crippen LogP contribution in [0.5, 0.6) is 0 Å². The Balaban J connectivity index is 2.08. The second kappa shape index (κ2) is 5.42. The Kier molecular flexibility index (Phi) is 3.85. The Morgan fingerprint density at radius 3 is 2.55 bits per heavy atom. The topological polar surface area (TPSA) is 101 Å². The van der Waals surface area contributed by atoms with Crippen molar-refractivity contribution in [1.29, 1.82) is 0 Å². The van der Waals surface area contributed by atoms with Crippen LogP contribution in [0.4, 0.5) is 5.69 Å². The number of nitrogens with one attached hydrogen (secondary N) is 2. The van der Waals surface area contributed by atoms with Crippen molar-refractivity contribution in [3.63, 3.8) is 0 Å². The molecule has 3 amide bonds.